The van der Waals surface area contributed by atoms with E-state index in [-0.39, 0.29) is 0 Å². The highest BCUT2D eigenvalue weighted by Crippen LogP contribution is 2.04. The van der Waals surface area contributed by atoms with E-state index in [1.165, 1.54) is 18.7 Å². The summed E-state index contributed by atoms with van der Waals surface area (Å²) in [4.78, 5) is 2.48. The Morgan fingerprint density at radius 2 is 2.42 bits per heavy atom. The summed E-state index contributed by atoms with van der Waals surface area (Å²) in [5, 5.41) is 3.43. The molecular formula is C10H20N2. The van der Waals surface area contributed by atoms with E-state index in [0.29, 0.717) is 6.04 Å². The Morgan fingerprint density at radius 3 is 3.00 bits per heavy atom. The van der Waals surface area contributed by atoms with Crippen molar-refractivity contribution in [2.45, 2.75) is 26.3 Å². The Kier molecular flexibility index (Phi) is 3.76. The molecule has 1 heterocycles. The molecule has 0 aromatic heterocycles. The smallest absolute Gasteiger partial charge is 0.0191 e. The number of piperazine rings is 1. The van der Waals surface area contributed by atoms with Gasteiger partial charge >= 0.3 is 0 Å². The van der Waals surface area contributed by atoms with Gasteiger partial charge in [-0.3, -0.25) is 4.90 Å². The third kappa shape index (κ3) is 2.95. The Morgan fingerprint density at radius 1 is 1.67 bits per heavy atom. The van der Waals surface area contributed by atoms with Crippen molar-refractivity contribution in [3.05, 3.63) is 12.2 Å². The van der Waals surface area contributed by atoms with E-state index in [9.17, 15) is 0 Å². The van der Waals surface area contributed by atoms with Crippen LogP contribution in [-0.2, 0) is 0 Å². The monoisotopic (exact) mass is 168 g/mol. The highest BCUT2D eigenvalue weighted by atomic mass is 15.2. The molecule has 2 nitrogen and oxygen atoms in total. The lowest BCUT2D eigenvalue weighted by Crippen LogP contribution is -2.49. The van der Waals surface area contributed by atoms with Crippen molar-refractivity contribution in [3.8, 4) is 0 Å². The summed E-state index contributed by atoms with van der Waals surface area (Å²) in [6.07, 6.45) is 1.11. The minimum absolute atomic E-state index is 0.642. The van der Waals surface area contributed by atoms with Gasteiger partial charge in [0, 0.05) is 32.2 Å². The quantitative estimate of drug-likeness (QED) is 0.638. The van der Waals surface area contributed by atoms with Crippen LogP contribution < -0.4 is 5.32 Å². The maximum atomic E-state index is 4.03. The van der Waals surface area contributed by atoms with Gasteiger partial charge < -0.3 is 5.32 Å². The first-order valence-electron chi connectivity index (χ1n) is 4.84. The molecule has 0 bridgehead atoms. The third-order valence-electron chi connectivity index (χ3n) is 2.40. The van der Waals surface area contributed by atoms with E-state index >= 15 is 0 Å². The van der Waals surface area contributed by atoms with Gasteiger partial charge in [0.05, 0.1) is 0 Å². The molecule has 0 spiro atoms. The average Bonchev–Trinajstić information content (AvgIpc) is 2.04. The molecule has 0 radical (unpaired) electrons. The minimum atomic E-state index is 0.642. The van der Waals surface area contributed by atoms with Gasteiger partial charge in [-0.25, -0.2) is 0 Å². The molecule has 1 unspecified atom stereocenters. The van der Waals surface area contributed by atoms with Gasteiger partial charge in [0.2, 0.25) is 0 Å². The van der Waals surface area contributed by atoms with Gasteiger partial charge in [-0.1, -0.05) is 19.1 Å². The molecule has 70 valence electrons. The second-order valence-electron chi connectivity index (χ2n) is 3.69. The molecule has 1 atom stereocenters. The van der Waals surface area contributed by atoms with Crippen LogP contribution in [0.1, 0.15) is 20.3 Å². The molecule has 0 aromatic rings. The zero-order valence-corrected chi connectivity index (χ0v) is 8.27. The molecule has 0 aromatic carbocycles. The Hall–Kier alpha value is -0.340. The summed E-state index contributed by atoms with van der Waals surface area (Å²) >= 11 is 0. The van der Waals surface area contributed by atoms with Crippen molar-refractivity contribution in [1.29, 1.82) is 0 Å². The van der Waals surface area contributed by atoms with Crippen molar-refractivity contribution in [2.24, 2.45) is 0 Å². The predicted octanol–water partition coefficient (Wildman–Crippen LogP) is 1.25. The van der Waals surface area contributed by atoms with Gasteiger partial charge in [-0.2, -0.15) is 0 Å². The molecule has 2 heteroatoms. The van der Waals surface area contributed by atoms with Crippen LogP contribution in [0.2, 0.25) is 0 Å². The third-order valence-corrected chi connectivity index (χ3v) is 2.40. The van der Waals surface area contributed by atoms with Crippen LogP contribution in [0.3, 0.4) is 0 Å². The Balaban J connectivity index is 2.27. The zero-order valence-electron chi connectivity index (χ0n) is 8.27. The normalized spacial score (nSPS) is 25.7. The van der Waals surface area contributed by atoms with Crippen molar-refractivity contribution in [1.82, 2.24) is 10.2 Å². The fourth-order valence-electron chi connectivity index (χ4n) is 1.58. The van der Waals surface area contributed by atoms with E-state index in [1.807, 2.05) is 0 Å². The topological polar surface area (TPSA) is 15.3 Å². The van der Waals surface area contributed by atoms with E-state index < -0.39 is 0 Å². The summed E-state index contributed by atoms with van der Waals surface area (Å²) in [6.45, 7) is 13.0. The standard InChI is InChI=1S/C10H20N2/c1-4-9(2)7-12-6-5-11-10(3)8-12/h10-11H,2,4-8H2,1,3H3. The molecule has 0 aliphatic carbocycles. The Labute approximate surface area is 75.6 Å². The molecule has 1 aliphatic rings. The average molecular weight is 168 g/mol. The number of nitrogens with one attached hydrogen (secondary N) is 1. The van der Waals surface area contributed by atoms with Crippen LogP contribution in [0.15, 0.2) is 12.2 Å². The molecule has 1 saturated heterocycles. The van der Waals surface area contributed by atoms with Crippen molar-refractivity contribution in [2.75, 3.05) is 26.2 Å². The zero-order chi connectivity index (χ0) is 8.97. The van der Waals surface area contributed by atoms with Crippen LogP contribution >= 0.6 is 0 Å². The molecule has 1 fully saturated rings. The van der Waals surface area contributed by atoms with Crippen LogP contribution in [-0.4, -0.2) is 37.1 Å². The van der Waals surface area contributed by atoms with Gasteiger partial charge in [0.25, 0.3) is 0 Å². The molecule has 0 amide bonds. The molecule has 0 saturated carbocycles. The molecule has 1 aliphatic heterocycles. The molecule has 1 N–H and O–H groups in total. The van der Waals surface area contributed by atoms with Crippen molar-refractivity contribution in [3.63, 3.8) is 0 Å². The summed E-state index contributed by atoms with van der Waals surface area (Å²) < 4.78 is 0. The van der Waals surface area contributed by atoms with E-state index in [2.05, 4.69) is 30.6 Å². The summed E-state index contributed by atoms with van der Waals surface area (Å²) in [7, 11) is 0. The number of hydrogen-bond acceptors (Lipinski definition) is 2. The van der Waals surface area contributed by atoms with E-state index in [4.69, 9.17) is 0 Å². The second-order valence-corrected chi connectivity index (χ2v) is 3.69. The Bertz CT molecular complexity index is 154. The fraction of sp³-hybridized carbons (Fsp3) is 0.800. The molecule has 1 rings (SSSR count). The minimum Gasteiger partial charge on any atom is -0.312 e. The predicted molar refractivity (Wildman–Crippen MR) is 53.3 cm³/mol. The largest absolute Gasteiger partial charge is 0.312 e. The van der Waals surface area contributed by atoms with Gasteiger partial charge in [-0.15, -0.1) is 0 Å². The maximum absolute atomic E-state index is 4.03. The van der Waals surface area contributed by atoms with Crippen molar-refractivity contribution >= 4 is 0 Å². The maximum Gasteiger partial charge on any atom is 0.0191 e. The summed E-state index contributed by atoms with van der Waals surface area (Å²) in [5.41, 5.74) is 1.35. The summed E-state index contributed by atoms with van der Waals surface area (Å²) in [5.74, 6) is 0. The first-order valence-corrected chi connectivity index (χ1v) is 4.84. The first kappa shape index (κ1) is 9.75. The SMILES string of the molecule is C=C(CC)CN1CCNC(C)C1. The first-order chi connectivity index (χ1) is 5.72. The van der Waals surface area contributed by atoms with Crippen molar-refractivity contribution < 1.29 is 0 Å². The van der Waals surface area contributed by atoms with Crippen LogP contribution in [0.5, 0.6) is 0 Å². The second kappa shape index (κ2) is 4.63. The highest BCUT2D eigenvalue weighted by Gasteiger charge is 2.14. The van der Waals surface area contributed by atoms with Gasteiger partial charge in [-0.05, 0) is 13.3 Å². The van der Waals surface area contributed by atoms with Gasteiger partial charge in [0.15, 0.2) is 0 Å². The molecular weight excluding hydrogens is 148 g/mol. The highest BCUT2D eigenvalue weighted by molar-refractivity contribution is 4.97. The van der Waals surface area contributed by atoms with E-state index in [0.717, 1.165) is 19.5 Å². The molecule has 12 heavy (non-hydrogen) atoms. The van der Waals surface area contributed by atoms with E-state index in [1.54, 1.807) is 0 Å². The number of hydrogen-bond donors (Lipinski definition) is 1. The lowest BCUT2D eigenvalue weighted by atomic mass is 10.2. The lowest BCUT2D eigenvalue weighted by molar-refractivity contribution is 0.221. The lowest BCUT2D eigenvalue weighted by Gasteiger charge is -2.32. The van der Waals surface area contributed by atoms with Gasteiger partial charge in [0.1, 0.15) is 0 Å². The van der Waals surface area contributed by atoms with Crippen LogP contribution in [0.4, 0.5) is 0 Å². The van der Waals surface area contributed by atoms with Crippen LogP contribution in [0.25, 0.3) is 0 Å². The van der Waals surface area contributed by atoms with Crippen LogP contribution in [0, 0.1) is 0 Å². The number of nitrogens with zero attached hydrogens (tertiary/aromatic N) is 1. The summed E-state index contributed by atoms with van der Waals surface area (Å²) in [6, 6.07) is 0.642. The number of rotatable bonds is 3. The fourth-order valence-corrected chi connectivity index (χ4v) is 1.58.